The van der Waals surface area contributed by atoms with Crippen LogP contribution in [0.5, 0.6) is 0 Å². The van der Waals surface area contributed by atoms with E-state index in [1.165, 1.54) is 38.5 Å². The number of carbonyl (C=O) groups excluding carboxylic acids is 1. The van der Waals surface area contributed by atoms with Crippen molar-refractivity contribution in [3.05, 3.63) is 11.7 Å². The first-order chi connectivity index (χ1) is 11.6. The molecule has 132 valence electrons. The zero-order valence-electron chi connectivity index (χ0n) is 14.6. The van der Waals surface area contributed by atoms with Gasteiger partial charge in [-0.05, 0) is 43.4 Å². The van der Waals surface area contributed by atoms with E-state index >= 15 is 0 Å². The lowest BCUT2D eigenvalue weighted by molar-refractivity contribution is 0.166. The van der Waals surface area contributed by atoms with E-state index in [2.05, 4.69) is 15.5 Å². The maximum Gasteiger partial charge on any atom is 0.317 e. The maximum absolute atomic E-state index is 12.5. The molecule has 2 aliphatic carbocycles. The van der Waals surface area contributed by atoms with Gasteiger partial charge in [0.25, 0.3) is 0 Å². The lowest BCUT2D eigenvalue weighted by Crippen LogP contribution is -2.46. The highest BCUT2D eigenvalue weighted by Gasteiger charge is 2.54. The van der Waals surface area contributed by atoms with Crippen molar-refractivity contribution in [3.63, 3.8) is 0 Å². The van der Waals surface area contributed by atoms with Gasteiger partial charge in [-0.1, -0.05) is 24.4 Å². The van der Waals surface area contributed by atoms with Crippen LogP contribution in [0.3, 0.4) is 0 Å². The van der Waals surface area contributed by atoms with E-state index in [0.717, 1.165) is 38.2 Å². The van der Waals surface area contributed by atoms with Gasteiger partial charge in [-0.15, -0.1) is 0 Å². The van der Waals surface area contributed by atoms with Gasteiger partial charge in [-0.25, -0.2) is 4.79 Å². The minimum atomic E-state index is 0.149. The van der Waals surface area contributed by atoms with Gasteiger partial charge < -0.3 is 14.7 Å². The molecule has 2 amide bonds. The fourth-order valence-corrected chi connectivity index (χ4v) is 4.62. The molecule has 1 aliphatic heterocycles. The van der Waals surface area contributed by atoms with Crippen molar-refractivity contribution in [2.75, 3.05) is 13.1 Å². The molecule has 1 atom stereocenters. The third-order valence-electron chi connectivity index (χ3n) is 6.28. The Kier molecular flexibility index (Phi) is 4.22. The molecule has 1 N–H and O–H groups in total. The zero-order chi connectivity index (χ0) is 16.6. The Morgan fingerprint density at radius 3 is 2.71 bits per heavy atom. The number of hydrogen-bond acceptors (Lipinski definition) is 4. The molecule has 6 heteroatoms. The van der Waals surface area contributed by atoms with E-state index in [-0.39, 0.29) is 6.03 Å². The van der Waals surface area contributed by atoms with E-state index in [1.54, 1.807) is 0 Å². The van der Waals surface area contributed by atoms with E-state index in [9.17, 15) is 4.79 Å². The van der Waals surface area contributed by atoms with Crippen LogP contribution in [-0.4, -0.2) is 40.2 Å². The molecule has 2 heterocycles. The summed E-state index contributed by atoms with van der Waals surface area (Å²) < 4.78 is 5.04. The number of aryl methyl sites for hydroxylation is 1. The van der Waals surface area contributed by atoms with Crippen LogP contribution < -0.4 is 5.32 Å². The van der Waals surface area contributed by atoms with Crippen molar-refractivity contribution in [2.24, 2.45) is 11.3 Å². The number of urea groups is 1. The van der Waals surface area contributed by atoms with Gasteiger partial charge in [0, 0.05) is 32.5 Å². The minimum Gasteiger partial charge on any atom is -0.340 e. The highest BCUT2D eigenvalue weighted by Crippen LogP contribution is 2.56. The molecule has 1 spiro atoms. The van der Waals surface area contributed by atoms with Crippen LogP contribution in [0.2, 0.25) is 0 Å². The molecule has 6 nitrogen and oxygen atoms in total. The Balaban J connectivity index is 1.22. The quantitative estimate of drug-likeness (QED) is 0.923. The third kappa shape index (κ3) is 3.28. The molecule has 0 aromatic carbocycles. The SMILES string of the molecule is Cc1nc(CC2CCN(C(=O)NC3CC34CCCCC4)CC2)no1. The molecule has 24 heavy (non-hydrogen) atoms. The van der Waals surface area contributed by atoms with Gasteiger partial charge in [-0.2, -0.15) is 4.98 Å². The molecule has 0 radical (unpaired) electrons. The van der Waals surface area contributed by atoms with E-state index in [4.69, 9.17) is 4.52 Å². The van der Waals surface area contributed by atoms with Gasteiger partial charge in [0.05, 0.1) is 0 Å². The topological polar surface area (TPSA) is 71.3 Å². The number of aromatic nitrogens is 2. The first-order valence-electron chi connectivity index (χ1n) is 9.49. The Morgan fingerprint density at radius 1 is 1.29 bits per heavy atom. The van der Waals surface area contributed by atoms with Crippen LogP contribution in [0.1, 0.15) is 63.1 Å². The summed E-state index contributed by atoms with van der Waals surface area (Å²) in [5.41, 5.74) is 0.461. The maximum atomic E-state index is 12.5. The number of rotatable bonds is 3. The van der Waals surface area contributed by atoms with Crippen LogP contribution in [0, 0.1) is 18.3 Å². The molecule has 1 unspecified atom stereocenters. The number of amides is 2. The minimum absolute atomic E-state index is 0.149. The fourth-order valence-electron chi connectivity index (χ4n) is 4.62. The summed E-state index contributed by atoms with van der Waals surface area (Å²) >= 11 is 0. The van der Waals surface area contributed by atoms with Crippen LogP contribution in [-0.2, 0) is 6.42 Å². The van der Waals surface area contributed by atoms with Gasteiger partial charge >= 0.3 is 6.03 Å². The number of hydrogen-bond donors (Lipinski definition) is 1. The largest absolute Gasteiger partial charge is 0.340 e. The van der Waals surface area contributed by atoms with E-state index in [1.807, 2.05) is 11.8 Å². The van der Waals surface area contributed by atoms with Crippen molar-refractivity contribution in [1.82, 2.24) is 20.4 Å². The molecule has 4 rings (SSSR count). The number of nitrogens with zero attached hydrogens (tertiary/aromatic N) is 3. The molecule has 1 aromatic rings. The molecule has 3 fully saturated rings. The average Bonchev–Trinajstić information content (AvgIpc) is 3.05. The summed E-state index contributed by atoms with van der Waals surface area (Å²) in [6.07, 6.45) is 10.8. The Hall–Kier alpha value is -1.59. The van der Waals surface area contributed by atoms with Crippen molar-refractivity contribution < 1.29 is 9.32 Å². The highest BCUT2D eigenvalue weighted by atomic mass is 16.5. The summed E-state index contributed by atoms with van der Waals surface area (Å²) in [6.45, 7) is 3.50. The van der Waals surface area contributed by atoms with Gasteiger partial charge in [0.1, 0.15) is 0 Å². The lowest BCUT2D eigenvalue weighted by Gasteiger charge is -2.32. The average molecular weight is 332 g/mol. The van der Waals surface area contributed by atoms with Crippen molar-refractivity contribution in [3.8, 4) is 0 Å². The Morgan fingerprint density at radius 2 is 2.04 bits per heavy atom. The first kappa shape index (κ1) is 15.9. The van der Waals surface area contributed by atoms with Gasteiger partial charge in [0.2, 0.25) is 5.89 Å². The second-order valence-electron chi connectivity index (χ2n) is 7.99. The van der Waals surface area contributed by atoms with Gasteiger partial charge in [-0.3, -0.25) is 0 Å². The second-order valence-corrected chi connectivity index (χ2v) is 7.99. The number of nitrogens with one attached hydrogen (secondary N) is 1. The first-order valence-corrected chi connectivity index (χ1v) is 9.49. The van der Waals surface area contributed by atoms with Crippen LogP contribution in [0.15, 0.2) is 4.52 Å². The van der Waals surface area contributed by atoms with Crippen LogP contribution >= 0.6 is 0 Å². The molecule has 3 aliphatic rings. The molecule has 1 saturated heterocycles. The summed E-state index contributed by atoms with van der Waals surface area (Å²) in [7, 11) is 0. The standard InChI is InChI=1S/C18H28N4O2/c1-13-19-16(21-24-13)11-14-5-9-22(10-6-14)17(23)20-15-12-18(15)7-3-2-4-8-18/h14-15H,2-12H2,1H3,(H,20,23). The zero-order valence-corrected chi connectivity index (χ0v) is 14.6. The normalized spacial score (nSPS) is 26.5. The van der Waals surface area contributed by atoms with Crippen molar-refractivity contribution in [2.45, 2.75) is 70.8 Å². The van der Waals surface area contributed by atoms with E-state index in [0.29, 0.717) is 23.3 Å². The van der Waals surface area contributed by atoms with E-state index < -0.39 is 0 Å². The molecular formula is C18H28N4O2. The summed E-state index contributed by atoms with van der Waals surface area (Å²) in [5, 5.41) is 7.28. The Bertz CT molecular complexity index is 586. The lowest BCUT2D eigenvalue weighted by atomic mass is 9.86. The van der Waals surface area contributed by atoms with Crippen molar-refractivity contribution >= 4 is 6.03 Å². The summed E-state index contributed by atoms with van der Waals surface area (Å²) in [5.74, 6) is 1.98. The summed E-state index contributed by atoms with van der Waals surface area (Å²) in [6, 6.07) is 0.585. The molecule has 1 aromatic heterocycles. The van der Waals surface area contributed by atoms with Crippen molar-refractivity contribution in [1.29, 1.82) is 0 Å². The fraction of sp³-hybridized carbons (Fsp3) is 0.833. The molecule has 2 saturated carbocycles. The Labute approximate surface area is 143 Å². The van der Waals surface area contributed by atoms with Gasteiger partial charge in [0.15, 0.2) is 5.82 Å². The highest BCUT2D eigenvalue weighted by molar-refractivity contribution is 5.75. The summed E-state index contributed by atoms with van der Waals surface area (Å²) in [4.78, 5) is 18.8. The van der Waals surface area contributed by atoms with Crippen LogP contribution in [0.25, 0.3) is 0 Å². The van der Waals surface area contributed by atoms with Crippen LogP contribution in [0.4, 0.5) is 4.79 Å². The predicted molar refractivity (Wildman–Crippen MR) is 89.5 cm³/mol. The molecule has 0 bridgehead atoms. The monoisotopic (exact) mass is 332 g/mol. The second kappa shape index (κ2) is 6.37. The smallest absolute Gasteiger partial charge is 0.317 e. The molecular weight excluding hydrogens is 304 g/mol. The number of piperidine rings is 1. The number of carbonyl (C=O) groups is 1. The third-order valence-corrected chi connectivity index (χ3v) is 6.28. The predicted octanol–water partition coefficient (Wildman–Crippen LogP) is 3.06. The number of likely N-dealkylation sites (tertiary alicyclic amines) is 1.